The quantitative estimate of drug-likeness (QED) is 0.226. The Kier molecular flexibility index (Phi) is 7.53. The monoisotopic (exact) mass is 554 g/mol. The van der Waals surface area contributed by atoms with Crippen LogP contribution in [0.3, 0.4) is 0 Å². The first-order valence-electron chi connectivity index (χ1n) is 14.1. The maximum Gasteiger partial charge on any atom is 0.337 e. The molecule has 0 aromatic rings. The number of esters is 1. The number of aliphatic hydroxyl groups excluding tert-OH is 4. The number of carbonyl (C=O) groups excluding carboxylic acids is 3. The molecule has 39 heavy (non-hydrogen) atoms. The number of methoxy groups -OCH3 is 1. The number of hydrogen-bond acceptors (Lipinski definition) is 11. The lowest BCUT2D eigenvalue weighted by Crippen LogP contribution is -2.63. The van der Waals surface area contributed by atoms with Crippen molar-refractivity contribution in [1.29, 1.82) is 0 Å². The van der Waals surface area contributed by atoms with Gasteiger partial charge in [0.05, 0.1) is 13.2 Å². The Morgan fingerprint density at radius 2 is 1.74 bits per heavy atom. The molecule has 1 heterocycles. The topological polar surface area (TPSA) is 180 Å². The van der Waals surface area contributed by atoms with Gasteiger partial charge >= 0.3 is 5.97 Å². The smallest absolute Gasteiger partial charge is 0.337 e. The van der Waals surface area contributed by atoms with Crippen molar-refractivity contribution < 1.29 is 54.1 Å². The second kappa shape index (κ2) is 10.1. The van der Waals surface area contributed by atoms with E-state index in [1.54, 1.807) is 0 Å². The number of aliphatic hydroxyl groups is 5. The standard InChI is InChI=1S/C28H42O11/c1-26-8-6-14(38-25-22(34)20(32)21(33)23(39-25)24(35)37-3)10-13(26)4-5-15-16-7-9-28(36,18(31)12-29)27(16,2)11-17(30)19(15)26/h13-16,19-23,25,29,32-34,36H,4-12H2,1-3H3/t13-,14-,15+,16+,19-,20+,21+,22-,23+,25-,26+,27+,28+/m1/s1. The van der Waals surface area contributed by atoms with Crippen LogP contribution in [0.2, 0.25) is 0 Å². The van der Waals surface area contributed by atoms with Crippen LogP contribution in [0.4, 0.5) is 0 Å². The molecule has 11 nitrogen and oxygen atoms in total. The highest BCUT2D eigenvalue weighted by Gasteiger charge is 2.69. The Hall–Kier alpha value is -1.47. The van der Waals surface area contributed by atoms with Crippen LogP contribution in [0.25, 0.3) is 0 Å². The third-order valence-corrected chi connectivity index (χ3v) is 11.4. The van der Waals surface area contributed by atoms with Gasteiger partial charge in [-0.2, -0.15) is 0 Å². The predicted octanol–water partition coefficient (Wildman–Crippen LogP) is -0.134. The van der Waals surface area contributed by atoms with E-state index in [4.69, 9.17) is 9.47 Å². The minimum absolute atomic E-state index is 0.0152. The summed E-state index contributed by atoms with van der Waals surface area (Å²) in [7, 11) is 1.13. The lowest BCUT2D eigenvalue weighted by molar-refractivity contribution is -0.309. The van der Waals surface area contributed by atoms with Gasteiger partial charge in [0.2, 0.25) is 0 Å². The fourth-order valence-corrected chi connectivity index (χ4v) is 9.21. The van der Waals surface area contributed by atoms with Crippen LogP contribution in [0.5, 0.6) is 0 Å². The maximum atomic E-state index is 13.8. The fraction of sp³-hybridized carbons (Fsp3) is 0.893. The molecule has 0 radical (unpaired) electrons. The first-order chi connectivity index (χ1) is 18.3. The number of carbonyl (C=O) groups is 3. The van der Waals surface area contributed by atoms with E-state index in [1.807, 2.05) is 6.92 Å². The second-order valence-electron chi connectivity index (χ2n) is 13.0. The Labute approximate surface area is 227 Å². The molecule has 5 aliphatic rings. The molecule has 1 saturated heterocycles. The van der Waals surface area contributed by atoms with E-state index in [-0.39, 0.29) is 53.8 Å². The number of ketones is 2. The highest BCUT2D eigenvalue weighted by Crippen LogP contribution is 2.67. The fourth-order valence-electron chi connectivity index (χ4n) is 9.21. The molecule has 5 N–H and O–H groups in total. The van der Waals surface area contributed by atoms with Crippen LogP contribution in [-0.4, -0.2) is 99.2 Å². The zero-order chi connectivity index (χ0) is 28.5. The zero-order valence-corrected chi connectivity index (χ0v) is 22.8. The molecule has 13 atom stereocenters. The molecular weight excluding hydrogens is 512 g/mol. The Morgan fingerprint density at radius 3 is 2.41 bits per heavy atom. The van der Waals surface area contributed by atoms with E-state index < -0.39 is 60.1 Å². The van der Waals surface area contributed by atoms with Gasteiger partial charge in [0.25, 0.3) is 0 Å². The minimum Gasteiger partial charge on any atom is -0.467 e. The molecule has 1 aliphatic heterocycles. The third kappa shape index (κ3) is 4.23. The van der Waals surface area contributed by atoms with Gasteiger partial charge < -0.3 is 39.7 Å². The lowest BCUT2D eigenvalue weighted by atomic mass is 9.44. The number of hydrogen-bond donors (Lipinski definition) is 5. The van der Waals surface area contributed by atoms with Crippen LogP contribution in [0.15, 0.2) is 0 Å². The van der Waals surface area contributed by atoms with Crippen molar-refractivity contribution in [2.45, 2.75) is 108 Å². The van der Waals surface area contributed by atoms with Crippen molar-refractivity contribution >= 4 is 17.5 Å². The molecule has 4 aliphatic carbocycles. The molecular formula is C28H42O11. The summed E-state index contributed by atoms with van der Waals surface area (Å²) in [6, 6.07) is 0. The normalized spacial score (nSPS) is 51.4. The molecule has 0 bridgehead atoms. The average Bonchev–Trinajstić information content (AvgIpc) is 3.18. The molecule has 0 aromatic heterocycles. The van der Waals surface area contributed by atoms with E-state index in [9.17, 15) is 39.9 Å². The number of rotatable bonds is 5. The van der Waals surface area contributed by atoms with Crippen molar-refractivity contribution in [2.75, 3.05) is 13.7 Å². The van der Waals surface area contributed by atoms with Gasteiger partial charge in [-0.05, 0) is 68.1 Å². The summed E-state index contributed by atoms with van der Waals surface area (Å²) in [5.41, 5.74) is -2.86. The summed E-state index contributed by atoms with van der Waals surface area (Å²) >= 11 is 0. The van der Waals surface area contributed by atoms with Crippen LogP contribution in [-0.2, 0) is 28.6 Å². The molecule has 5 fully saturated rings. The molecule has 0 spiro atoms. The SMILES string of the molecule is COC(=O)[C@H]1O[C@@H](O[C@@H]2CC[C@@]3(C)[C@H](CC[C@@H]4[C@@H]3C(=O)C[C@@]3(C)[C@H]4CC[C@]3(O)C(=O)CO)C2)[C@H](O)[C@@H](O)[C@@H]1O. The molecule has 5 rings (SSSR count). The van der Waals surface area contributed by atoms with Crippen molar-refractivity contribution in [3.05, 3.63) is 0 Å². The minimum atomic E-state index is -1.68. The van der Waals surface area contributed by atoms with Crippen molar-refractivity contribution in [2.24, 2.45) is 34.5 Å². The van der Waals surface area contributed by atoms with Gasteiger partial charge in [0.1, 0.15) is 36.3 Å². The Balaban J connectivity index is 1.30. The molecule has 0 aromatic carbocycles. The summed E-state index contributed by atoms with van der Waals surface area (Å²) in [6.07, 6.45) is -3.49. The molecule has 4 saturated carbocycles. The van der Waals surface area contributed by atoms with E-state index in [1.165, 1.54) is 0 Å². The number of ether oxygens (including phenoxy) is 3. The second-order valence-corrected chi connectivity index (χ2v) is 13.0. The molecule has 0 unspecified atom stereocenters. The Bertz CT molecular complexity index is 1000. The summed E-state index contributed by atoms with van der Waals surface area (Å²) in [6.45, 7) is 3.26. The highest BCUT2D eigenvalue weighted by atomic mass is 16.7. The summed E-state index contributed by atoms with van der Waals surface area (Å²) in [5.74, 6) is -1.38. The van der Waals surface area contributed by atoms with Gasteiger partial charge in [0.15, 0.2) is 18.2 Å². The number of Topliss-reactive ketones (excluding diaryl/α,β-unsaturated/α-hetero) is 2. The van der Waals surface area contributed by atoms with Crippen LogP contribution < -0.4 is 0 Å². The third-order valence-electron chi connectivity index (χ3n) is 11.4. The van der Waals surface area contributed by atoms with Gasteiger partial charge in [-0.1, -0.05) is 13.8 Å². The van der Waals surface area contributed by atoms with Crippen molar-refractivity contribution in [1.82, 2.24) is 0 Å². The molecule has 220 valence electrons. The van der Waals surface area contributed by atoms with Gasteiger partial charge in [-0.25, -0.2) is 4.79 Å². The van der Waals surface area contributed by atoms with Crippen LogP contribution >= 0.6 is 0 Å². The molecule has 11 heteroatoms. The van der Waals surface area contributed by atoms with Crippen molar-refractivity contribution in [3.8, 4) is 0 Å². The van der Waals surface area contributed by atoms with E-state index >= 15 is 0 Å². The van der Waals surface area contributed by atoms with E-state index in [0.29, 0.717) is 25.7 Å². The lowest BCUT2D eigenvalue weighted by Gasteiger charge is -2.60. The van der Waals surface area contributed by atoms with Crippen molar-refractivity contribution in [3.63, 3.8) is 0 Å². The zero-order valence-electron chi connectivity index (χ0n) is 22.8. The maximum absolute atomic E-state index is 13.8. The average molecular weight is 555 g/mol. The van der Waals surface area contributed by atoms with E-state index in [0.717, 1.165) is 20.0 Å². The first-order valence-corrected chi connectivity index (χ1v) is 14.1. The summed E-state index contributed by atoms with van der Waals surface area (Å²) in [5, 5.41) is 51.8. The predicted molar refractivity (Wildman–Crippen MR) is 133 cm³/mol. The number of fused-ring (bicyclic) bond motifs is 5. The van der Waals surface area contributed by atoms with Crippen LogP contribution in [0.1, 0.15) is 65.2 Å². The van der Waals surface area contributed by atoms with Gasteiger partial charge in [-0.3, -0.25) is 9.59 Å². The summed E-state index contributed by atoms with van der Waals surface area (Å²) in [4.78, 5) is 38.4. The molecule has 0 amide bonds. The summed E-state index contributed by atoms with van der Waals surface area (Å²) < 4.78 is 16.2. The first kappa shape index (κ1) is 29.0. The van der Waals surface area contributed by atoms with Gasteiger partial charge in [-0.15, -0.1) is 0 Å². The van der Waals surface area contributed by atoms with Crippen LogP contribution in [0, 0.1) is 34.5 Å². The Morgan fingerprint density at radius 1 is 1.03 bits per heavy atom. The van der Waals surface area contributed by atoms with E-state index in [2.05, 4.69) is 11.7 Å². The van der Waals surface area contributed by atoms with Gasteiger partial charge in [0, 0.05) is 17.8 Å². The largest absolute Gasteiger partial charge is 0.467 e. The highest BCUT2D eigenvalue weighted by molar-refractivity contribution is 5.92.